The molecule has 0 bridgehead atoms. The Morgan fingerprint density at radius 2 is 1.94 bits per heavy atom. The second kappa shape index (κ2) is 8.85. The minimum Gasteiger partial charge on any atom is -0.462 e. The Labute approximate surface area is 178 Å². The third-order valence-electron chi connectivity index (χ3n) is 5.34. The lowest BCUT2D eigenvalue weighted by molar-refractivity contribution is 0.0524. The number of nitrogens with zero attached hydrogens (tertiary/aromatic N) is 2. The van der Waals surface area contributed by atoms with Crippen molar-refractivity contribution in [3.8, 4) is 0 Å². The van der Waals surface area contributed by atoms with E-state index in [1.54, 1.807) is 29.7 Å². The molecule has 162 valence electrons. The van der Waals surface area contributed by atoms with Crippen LogP contribution in [0.25, 0.3) is 10.9 Å². The first-order valence-electron chi connectivity index (χ1n) is 10.2. The SMILES string of the molecule is CCOC(=O)c1cn(Cc2cccc(F)c2)c2cc(N3CCNCC3)c(F)cc2c1=O. The predicted molar refractivity (Wildman–Crippen MR) is 115 cm³/mol. The molecule has 0 amide bonds. The quantitative estimate of drug-likeness (QED) is 0.635. The normalized spacial score (nSPS) is 14.1. The number of esters is 1. The zero-order chi connectivity index (χ0) is 22.0. The maximum Gasteiger partial charge on any atom is 0.343 e. The van der Waals surface area contributed by atoms with Crippen LogP contribution < -0.4 is 15.6 Å². The molecule has 8 heteroatoms. The molecule has 1 N–H and O–H groups in total. The van der Waals surface area contributed by atoms with Gasteiger partial charge in [0, 0.05) is 44.3 Å². The number of benzene rings is 2. The monoisotopic (exact) mass is 427 g/mol. The van der Waals surface area contributed by atoms with Crippen LogP contribution in [-0.2, 0) is 11.3 Å². The van der Waals surface area contributed by atoms with Crippen LogP contribution in [0.4, 0.5) is 14.5 Å². The van der Waals surface area contributed by atoms with E-state index in [2.05, 4.69) is 5.32 Å². The molecule has 2 heterocycles. The van der Waals surface area contributed by atoms with E-state index in [0.717, 1.165) is 13.1 Å². The van der Waals surface area contributed by atoms with Gasteiger partial charge in [-0.05, 0) is 36.8 Å². The van der Waals surface area contributed by atoms with E-state index in [9.17, 15) is 14.0 Å². The van der Waals surface area contributed by atoms with Gasteiger partial charge in [-0.2, -0.15) is 0 Å². The molecule has 31 heavy (non-hydrogen) atoms. The molecule has 0 saturated carbocycles. The van der Waals surface area contributed by atoms with Crippen molar-refractivity contribution in [2.75, 3.05) is 37.7 Å². The van der Waals surface area contributed by atoms with Crippen LogP contribution in [0.5, 0.6) is 0 Å². The number of aromatic nitrogens is 1. The van der Waals surface area contributed by atoms with Crippen LogP contribution >= 0.6 is 0 Å². The van der Waals surface area contributed by atoms with Crippen molar-refractivity contribution in [1.29, 1.82) is 0 Å². The molecule has 1 aliphatic rings. The zero-order valence-corrected chi connectivity index (χ0v) is 17.2. The van der Waals surface area contributed by atoms with Gasteiger partial charge in [0.2, 0.25) is 5.43 Å². The van der Waals surface area contributed by atoms with E-state index < -0.39 is 17.2 Å². The zero-order valence-electron chi connectivity index (χ0n) is 17.2. The summed E-state index contributed by atoms with van der Waals surface area (Å²) in [7, 11) is 0. The maximum atomic E-state index is 15.0. The topological polar surface area (TPSA) is 63.6 Å². The Morgan fingerprint density at radius 3 is 2.65 bits per heavy atom. The van der Waals surface area contributed by atoms with Gasteiger partial charge in [0.25, 0.3) is 0 Å². The highest BCUT2D eigenvalue weighted by molar-refractivity contribution is 5.94. The summed E-state index contributed by atoms with van der Waals surface area (Å²) in [6.45, 7) is 4.69. The van der Waals surface area contributed by atoms with Crippen molar-refractivity contribution in [1.82, 2.24) is 9.88 Å². The highest BCUT2D eigenvalue weighted by Crippen LogP contribution is 2.26. The molecule has 3 aromatic rings. The smallest absolute Gasteiger partial charge is 0.343 e. The van der Waals surface area contributed by atoms with Gasteiger partial charge in [0.05, 0.1) is 17.8 Å². The molecular formula is C23H23F2N3O3. The summed E-state index contributed by atoms with van der Waals surface area (Å²) < 4.78 is 35.4. The molecule has 1 fully saturated rings. The first-order valence-corrected chi connectivity index (χ1v) is 10.2. The van der Waals surface area contributed by atoms with E-state index in [-0.39, 0.29) is 29.9 Å². The summed E-state index contributed by atoms with van der Waals surface area (Å²) in [5, 5.41) is 3.31. The van der Waals surface area contributed by atoms with Crippen molar-refractivity contribution in [2.24, 2.45) is 0 Å². The number of carbonyl (C=O) groups is 1. The molecule has 4 rings (SSSR count). The lowest BCUT2D eigenvalue weighted by atomic mass is 10.1. The Morgan fingerprint density at radius 1 is 1.16 bits per heavy atom. The van der Waals surface area contributed by atoms with E-state index in [4.69, 9.17) is 4.74 Å². The Balaban J connectivity index is 1.90. The number of fused-ring (bicyclic) bond motifs is 1. The number of ether oxygens (including phenoxy) is 1. The van der Waals surface area contributed by atoms with Gasteiger partial charge in [-0.15, -0.1) is 0 Å². The summed E-state index contributed by atoms with van der Waals surface area (Å²) in [4.78, 5) is 27.3. The van der Waals surface area contributed by atoms with Crippen molar-refractivity contribution in [2.45, 2.75) is 13.5 Å². The lowest BCUT2D eigenvalue weighted by Crippen LogP contribution is -2.43. The number of nitrogens with one attached hydrogen (secondary N) is 1. The molecule has 0 radical (unpaired) electrons. The van der Waals surface area contributed by atoms with Crippen molar-refractivity contribution in [3.05, 3.63) is 75.6 Å². The lowest BCUT2D eigenvalue weighted by Gasteiger charge is -2.30. The van der Waals surface area contributed by atoms with E-state index in [0.29, 0.717) is 29.9 Å². The van der Waals surface area contributed by atoms with E-state index in [1.165, 1.54) is 24.4 Å². The number of pyridine rings is 1. The van der Waals surface area contributed by atoms with Crippen LogP contribution in [0.3, 0.4) is 0 Å². The highest BCUT2D eigenvalue weighted by Gasteiger charge is 2.21. The first kappa shape index (κ1) is 21.0. The molecule has 0 unspecified atom stereocenters. The van der Waals surface area contributed by atoms with Gasteiger partial charge in [-0.3, -0.25) is 4.79 Å². The van der Waals surface area contributed by atoms with Gasteiger partial charge >= 0.3 is 5.97 Å². The number of hydrogen-bond acceptors (Lipinski definition) is 5. The summed E-state index contributed by atoms with van der Waals surface area (Å²) in [6.07, 6.45) is 1.41. The number of halogens is 2. The largest absolute Gasteiger partial charge is 0.462 e. The second-order valence-corrected chi connectivity index (χ2v) is 7.41. The molecule has 1 aliphatic heterocycles. The van der Waals surface area contributed by atoms with Gasteiger partial charge < -0.3 is 19.5 Å². The summed E-state index contributed by atoms with van der Waals surface area (Å²) >= 11 is 0. The fourth-order valence-corrected chi connectivity index (χ4v) is 3.86. The third-order valence-corrected chi connectivity index (χ3v) is 5.34. The number of hydrogen-bond donors (Lipinski definition) is 1. The van der Waals surface area contributed by atoms with E-state index >= 15 is 4.39 Å². The summed E-state index contributed by atoms with van der Waals surface area (Å²) in [5.74, 6) is -1.68. The van der Waals surface area contributed by atoms with Crippen LogP contribution in [0.15, 0.2) is 47.4 Å². The summed E-state index contributed by atoms with van der Waals surface area (Å²) in [5.41, 5.74) is 0.741. The number of carbonyl (C=O) groups excluding carboxylic acids is 1. The number of anilines is 1. The molecule has 1 aromatic heterocycles. The Kier molecular flexibility index (Phi) is 5.99. The van der Waals surface area contributed by atoms with Crippen LogP contribution in [-0.4, -0.2) is 43.3 Å². The fourth-order valence-electron chi connectivity index (χ4n) is 3.86. The van der Waals surface area contributed by atoms with Gasteiger partial charge in [0.15, 0.2) is 0 Å². The predicted octanol–water partition coefficient (Wildman–Crippen LogP) is 2.91. The first-order chi connectivity index (χ1) is 15.0. The third kappa shape index (κ3) is 4.29. The van der Waals surface area contributed by atoms with Crippen LogP contribution in [0, 0.1) is 11.6 Å². The van der Waals surface area contributed by atoms with Crippen molar-refractivity contribution in [3.63, 3.8) is 0 Å². The van der Waals surface area contributed by atoms with Crippen molar-refractivity contribution < 1.29 is 18.3 Å². The summed E-state index contributed by atoms with van der Waals surface area (Å²) in [6, 6.07) is 8.88. The molecular weight excluding hydrogens is 404 g/mol. The van der Waals surface area contributed by atoms with Gasteiger partial charge in [-0.25, -0.2) is 13.6 Å². The van der Waals surface area contributed by atoms with Crippen LogP contribution in [0.2, 0.25) is 0 Å². The molecule has 2 aromatic carbocycles. The fraction of sp³-hybridized carbons (Fsp3) is 0.304. The van der Waals surface area contributed by atoms with Gasteiger partial charge in [0.1, 0.15) is 17.2 Å². The highest BCUT2D eigenvalue weighted by atomic mass is 19.1. The standard InChI is InChI=1S/C23H23F2N3O3/c1-2-31-23(30)18-14-28(13-15-4-3-5-16(24)10-15)20-12-21(27-8-6-26-7-9-27)19(25)11-17(20)22(18)29/h3-5,10-12,14,26H,2,6-9,13H2,1H3. The minimum atomic E-state index is -0.769. The average molecular weight is 427 g/mol. The van der Waals surface area contributed by atoms with E-state index in [1.807, 2.05) is 4.90 Å². The number of rotatable bonds is 5. The Bertz CT molecular complexity index is 1190. The maximum absolute atomic E-state index is 15.0. The second-order valence-electron chi connectivity index (χ2n) is 7.41. The minimum absolute atomic E-state index is 0.0818. The average Bonchev–Trinajstić information content (AvgIpc) is 2.76. The van der Waals surface area contributed by atoms with Crippen LogP contribution in [0.1, 0.15) is 22.8 Å². The molecule has 0 spiro atoms. The Hall–Kier alpha value is -3.26. The molecule has 0 aliphatic carbocycles. The number of piperazine rings is 1. The van der Waals surface area contributed by atoms with Gasteiger partial charge in [-0.1, -0.05) is 12.1 Å². The molecule has 6 nitrogen and oxygen atoms in total. The van der Waals surface area contributed by atoms with Crippen molar-refractivity contribution >= 4 is 22.6 Å². The molecule has 0 atom stereocenters. The molecule has 1 saturated heterocycles.